The van der Waals surface area contributed by atoms with Crippen molar-refractivity contribution in [2.24, 2.45) is 5.41 Å². The maximum Gasteiger partial charge on any atom is 0.304 e. The molecule has 1 N–H and O–H groups in total. The molecule has 104 valence electrons. The average Bonchev–Trinajstić information content (AvgIpc) is 2.27. The highest BCUT2D eigenvalue weighted by molar-refractivity contribution is 7.99. The van der Waals surface area contributed by atoms with Crippen molar-refractivity contribution in [3.8, 4) is 0 Å². The van der Waals surface area contributed by atoms with Gasteiger partial charge in [-0.3, -0.25) is 9.69 Å². The second-order valence-corrected chi connectivity index (χ2v) is 7.55. The number of hydrogen-bond donors (Lipinski definition) is 1. The fourth-order valence-corrected chi connectivity index (χ4v) is 4.73. The van der Waals surface area contributed by atoms with Crippen LogP contribution in [0.15, 0.2) is 0 Å². The van der Waals surface area contributed by atoms with Crippen LogP contribution < -0.4 is 0 Å². The van der Waals surface area contributed by atoms with Gasteiger partial charge in [0.2, 0.25) is 0 Å². The summed E-state index contributed by atoms with van der Waals surface area (Å²) in [6, 6.07) is 0.860. The smallest absolute Gasteiger partial charge is 0.304 e. The summed E-state index contributed by atoms with van der Waals surface area (Å²) < 4.78 is 0. The Kier molecular flexibility index (Phi) is 4.59. The van der Waals surface area contributed by atoms with Crippen LogP contribution in [0.5, 0.6) is 0 Å². The molecule has 0 bridgehead atoms. The minimum Gasteiger partial charge on any atom is -0.481 e. The molecule has 0 aromatic heterocycles. The summed E-state index contributed by atoms with van der Waals surface area (Å²) in [5.41, 5.74) is 0.402. The SMILES string of the molecule is CC1(C)CSCC(N2CCCCC2CC(=O)O)C1. The molecule has 2 rings (SSSR count). The van der Waals surface area contributed by atoms with Crippen molar-refractivity contribution in [1.29, 1.82) is 0 Å². The Bertz CT molecular complexity index is 306. The molecular weight excluding hydrogens is 246 g/mol. The number of likely N-dealkylation sites (tertiary alicyclic amines) is 1. The maximum atomic E-state index is 11.0. The molecule has 2 saturated heterocycles. The molecule has 3 nitrogen and oxygen atoms in total. The summed E-state index contributed by atoms with van der Waals surface area (Å²) in [6.07, 6.45) is 5.03. The minimum atomic E-state index is -0.644. The number of rotatable bonds is 3. The van der Waals surface area contributed by atoms with Gasteiger partial charge >= 0.3 is 5.97 Å². The third-order valence-corrected chi connectivity index (χ3v) is 5.75. The van der Waals surface area contributed by atoms with E-state index in [2.05, 4.69) is 18.7 Å². The van der Waals surface area contributed by atoms with Gasteiger partial charge in [0, 0.05) is 17.8 Å². The number of carbonyl (C=O) groups is 1. The molecule has 2 atom stereocenters. The zero-order valence-corrected chi connectivity index (χ0v) is 12.3. The van der Waals surface area contributed by atoms with Gasteiger partial charge in [-0.1, -0.05) is 20.3 Å². The quantitative estimate of drug-likeness (QED) is 0.857. The summed E-state index contributed by atoms with van der Waals surface area (Å²) in [5.74, 6) is 1.77. The van der Waals surface area contributed by atoms with Gasteiger partial charge in [-0.15, -0.1) is 0 Å². The lowest BCUT2D eigenvalue weighted by Gasteiger charge is -2.46. The fourth-order valence-electron chi connectivity index (χ4n) is 3.36. The van der Waals surface area contributed by atoms with Gasteiger partial charge in [-0.05, 0) is 37.0 Å². The van der Waals surface area contributed by atoms with E-state index in [1.165, 1.54) is 30.8 Å². The largest absolute Gasteiger partial charge is 0.481 e. The summed E-state index contributed by atoms with van der Waals surface area (Å²) >= 11 is 2.04. The number of carboxylic acids is 1. The van der Waals surface area contributed by atoms with E-state index in [0.29, 0.717) is 17.9 Å². The van der Waals surface area contributed by atoms with E-state index in [1.54, 1.807) is 0 Å². The summed E-state index contributed by atoms with van der Waals surface area (Å²) in [5, 5.41) is 9.05. The van der Waals surface area contributed by atoms with Crippen LogP contribution in [0.2, 0.25) is 0 Å². The molecular formula is C14H25NO2S. The first kappa shape index (κ1) is 14.2. The minimum absolute atomic E-state index is 0.274. The highest BCUT2D eigenvalue weighted by atomic mass is 32.2. The lowest BCUT2D eigenvalue weighted by atomic mass is 9.85. The summed E-state index contributed by atoms with van der Waals surface area (Å²) in [7, 11) is 0. The van der Waals surface area contributed by atoms with Crippen LogP contribution in [0.4, 0.5) is 0 Å². The van der Waals surface area contributed by atoms with Gasteiger partial charge < -0.3 is 5.11 Å². The number of carboxylic acid groups (broad SMARTS) is 1. The number of hydrogen-bond acceptors (Lipinski definition) is 3. The third kappa shape index (κ3) is 3.64. The van der Waals surface area contributed by atoms with Crippen molar-refractivity contribution in [3.63, 3.8) is 0 Å². The fraction of sp³-hybridized carbons (Fsp3) is 0.929. The molecule has 2 heterocycles. The van der Waals surface area contributed by atoms with E-state index >= 15 is 0 Å². The third-order valence-electron chi connectivity index (χ3n) is 4.14. The van der Waals surface area contributed by atoms with Gasteiger partial charge in [-0.25, -0.2) is 0 Å². The normalized spacial score (nSPS) is 33.2. The molecule has 0 amide bonds. The molecule has 2 unspecified atom stereocenters. The number of aliphatic carboxylic acids is 1. The Morgan fingerprint density at radius 3 is 2.89 bits per heavy atom. The van der Waals surface area contributed by atoms with Crippen molar-refractivity contribution in [2.45, 2.75) is 58.0 Å². The van der Waals surface area contributed by atoms with E-state index in [-0.39, 0.29) is 6.04 Å². The molecule has 0 aliphatic carbocycles. The van der Waals surface area contributed by atoms with E-state index in [4.69, 9.17) is 5.11 Å². The molecule has 4 heteroatoms. The van der Waals surface area contributed by atoms with Crippen LogP contribution in [-0.2, 0) is 4.79 Å². The summed E-state index contributed by atoms with van der Waals surface area (Å²) in [4.78, 5) is 13.5. The van der Waals surface area contributed by atoms with Crippen molar-refractivity contribution in [1.82, 2.24) is 4.90 Å². The lowest BCUT2D eigenvalue weighted by molar-refractivity contribution is -0.139. The van der Waals surface area contributed by atoms with Crippen molar-refractivity contribution in [2.75, 3.05) is 18.1 Å². The van der Waals surface area contributed by atoms with Crippen LogP contribution in [0.25, 0.3) is 0 Å². The standard InChI is InChI=1S/C14H25NO2S/c1-14(2)8-12(9-18-10-14)15-6-4-3-5-11(15)7-13(16)17/h11-12H,3-10H2,1-2H3,(H,16,17). The first-order valence-corrected chi connectivity index (χ1v) is 8.19. The summed E-state index contributed by atoms with van der Waals surface area (Å²) in [6.45, 7) is 5.77. The predicted molar refractivity (Wildman–Crippen MR) is 76.1 cm³/mol. The first-order chi connectivity index (χ1) is 8.48. The zero-order valence-electron chi connectivity index (χ0n) is 11.5. The van der Waals surface area contributed by atoms with Gasteiger partial charge in [-0.2, -0.15) is 11.8 Å². The second kappa shape index (κ2) is 5.83. The predicted octanol–water partition coefficient (Wildman–Crippen LogP) is 2.85. The number of thioether (sulfide) groups is 1. The molecule has 0 radical (unpaired) electrons. The molecule has 0 saturated carbocycles. The van der Waals surface area contributed by atoms with Crippen LogP contribution in [0.3, 0.4) is 0 Å². The Hall–Kier alpha value is -0.220. The topological polar surface area (TPSA) is 40.5 Å². The molecule has 2 aliphatic heterocycles. The molecule has 0 spiro atoms. The van der Waals surface area contributed by atoms with Crippen molar-refractivity contribution < 1.29 is 9.90 Å². The van der Waals surface area contributed by atoms with Crippen molar-refractivity contribution in [3.05, 3.63) is 0 Å². The molecule has 2 fully saturated rings. The van der Waals surface area contributed by atoms with Gasteiger partial charge in [0.15, 0.2) is 0 Å². The van der Waals surface area contributed by atoms with E-state index in [1.807, 2.05) is 11.8 Å². The maximum absolute atomic E-state index is 11.0. The highest BCUT2D eigenvalue weighted by Crippen LogP contribution is 2.37. The van der Waals surface area contributed by atoms with Crippen LogP contribution in [-0.4, -0.2) is 46.1 Å². The number of nitrogens with zero attached hydrogens (tertiary/aromatic N) is 1. The first-order valence-electron chi connectivity index (χ1n) is 7.03. The van der Waals surface area contributed by atoms with E-state index in [9.17, 15) is 4.79 Å². The number of piperidine rings is 1. The molecule has 2 aliphatic rings. The lowest BCUT2D eigenvalue weighted by Crippen LogP contribution is -2.51. The van der Waals surface area contributed by atoms with E-state index in [0.717, 1.165) is 13.0 Å². The molecule has 0 aromatic carbocycles. The Labute approximate surface area is 114 Å². The molecule has 0 aromatic rings. The van der Waals surface area contributed by atoms with Gasteiger partial charge in [0.05, 0.1) is 6.42 Å². The Morgan fingerprint density at radius 2 is 2.22 bits per heavy atom. The van der Waals surface area contributed by atoms with Gasteiger partial charge in [0.25, 0.3) is 0 Å². The Balaban J connectivity index is 2.01. The van der Waals surface area contributed by atoms with Gasteiger partial charge in [0.1, 0.15) is 0 Å². The monoisotopic (exact) mass is 271 g/mol. The van der Waals surface area contributed by atoms with Crippen LogP contribution >= 0.6 is 11.8 Å². The second-order valence-electron chi connectivity index (χ2n) is 6.52. The van der Waals surface area contributed by atoms with Crippen molar-refractivity contribution >= 4 is 17.7 Å². The molecule has 18 heavy (non-hydrogen) atoms. The average molecular weight is 271 g/mol. The van der Waals surface area contributed by atoms with E-state index < -0.39 is 5.97 Å². The van der Waals surface area contributed by atoms with Crippen LogP contribution in [0, 0.1) is 5.41 Å². The highest BCUT2D eigenvalue weighted by Gasteiger charge is 2.36. The Morgan fingerprint density at radius 1 is 1.44 bits per heavy atom. The zero-order chi connectivity index (χ0) is 13.2. The van der Waals surface area contributed by atoms with Crippen LogP contribution in [0.1, 0.15) is 46.0 Å².